The van der Waals surface area contributed by atoms with Gasteiger partial charge in [-0.2, -0.15) is 0 Å². The van der Waals surface area contributed by atoms with E-state index < -0.39 is 12.0 Å². The highest BCUT2D eigenvalue weighted by Crippen LogP contribution is 2.65. The first-order chi connectivity index (χ1) is 18.9. The van der Waals surface area contributed by atoms with Gasteiger partial charge in [0.15, 0.2) is 0 Å². The zero-order chi connectivity index (χ0) is 26.8. The van der Waals surface area contributed by atoms with Crippen molar-refractivity contribution in [1.82, 2.24) is 4.90 Å². The van der Waals surface area contributed by atoms with Crippen molar-refractivity contribution in [2.75, 3.05) is 0 Å². The normalized spacial score (nSPS) is 28.7. The van der Waals surface area contributed by atoms with E-state index in [9.17, 15) is 14.4 Å². The molecule has 39 heavy (non-hydrogen) atoms. The van der Waals surface area contributed by atoms with Crippen LogP contribution in [-0.4, -0.2) is 28.7 Å². The zero-order valence-corrected chi connectivity index (χ0v) is 22.1. The molecule has 1 aliphatic heterocycles. The summed E-state index contributed by atoms with van der Waals surface area (Å²) in [4.78, 5) is 42.8. The van der Waals surface area contributed by atoms with Gasteiger partial charge in [0, 0.05) is 6.42 Å². The zero-order valence-electron chi connectivity index (χ0n) is 22.1. The highest BCUT2D eigenvalue weighted by molar-refractivity contribution is 6.09. The van der Waals surface area contributed by atoms with E-state index in [4.69, 9.17) is 4.74 Å². The summed E-state index contributed by atoms with van der Waals surface area (Å²) in [5.74, 6) is -0.0230. The number of allylic oxidation sites excluding steroid dienone is 2. The lowest BCUT2D eigenvalue weighted by atomic mass is 9.63. The number of aryl methyl sites for hydroxylation is 2. The Balaban J connectivity index is 1.18. The number of esters is 1. The van der Waals surface area contributed by atoms with Crippen molar-refractivity contribution in [3.8, 4) is 16.9 Å². The summed E-state index contributed by atoms with van der Waals surface area (Å²) in [5.41, 5.74) is 5.00. The smallest absolute Gasteiger partial charge is 0.335 e. The van der Waals surface area contributed by atoms with Crippen molar-refractivity contribution < 1.29 is 19.1 Å². The number of hydrogen-bond acceptors (Lipinski definition) is 4. The Labute approximate surface area is 228 Å². The van der Waals surface area contributed by atoms with Crippen LogP contribution in [0.4, 0.5) is 0 Å². The first-order valence-corrected chi connectivity index (χ1v) is 13.9. The molecule has 5 aliphatic rings. The maximum Gasteiger partial charge on any atom is 0.335 e. The number of imide groups is 1. The molecule has 0 radical (unpaired) electrons. The van der Waals surface area contributed by atoms with Crippen LogP contribution < -0.4 is 4.74 Å². The third-order valence-electron chi connectivity index (χ3n) is 9.32. The molecule has 5 heteroatoms. The summed E-state index contributed by atoms with van der Waals surface area (Å²) < 4.78 is 5.95. The van der Waals surface area contributed by atoms with Crippen molar-refractivity contribution in [2.45, 2.75) is 32.7 Å². The van der Waals surface area contributed by atoms with E-state index in [1.165, 1.54) is 10.5 Å². The molecule has 2 bridgehead atoms. The van der Waals surface area contributed by atoms with Crippen LogP contribution in [0.5, 0.6) is 5.75 Å². The second-order valence-electron chi connectivity index (χ2n) is 11.7. The van der Waals surface area contributed by atoms with Gasteiger partial charge in [0.2, 0.25) is 11.8 Å². The molecule has 2 saturated carbocycles. The van der Waals surface area contributed by atoms with Crippen LogP contribution in [0, 0.1) is 49.4 Å². The summed E-state index contributed by atoms with van der Waals surface area (Å²) in [6.07, 6.45) is 5.63. The van der Waals surface area contributed by atoms with E-state index >= 15 is 0 Å². The lowest BCUT2D eigenvalue weighted by Gasteiger charge is -2.37. The summed E-state index contributed by atoms with van der Waals surface area (Å²) in [6, 6.07) is 22.5. The van der Waals surface area contributed by atoms with E-state index in [0.29, 0.717) is 17.6 Å². The fourth-order valence-electron chi connectivity index (χ4n) is 7.27. The summed E-state index contributed by atoms with van der Waals surface area (Å²) >= 11 is 0. The summed E-state index contributed by atoms with van der Waals surface area (Å²) in [5, 5.41) is 0. The SMILES string of the molecule is Cc1ccc(-c2ccc(OC(=O)[C@H](Cc3ccccc3)N3C(=O)[C@@H]4[C@H]5C=C[C@@H]([C@@H]6C[C@@H]56)[C@@H]4C3=O)c(C)c2)cc1. The van der Waals surface area contributed by atoms with E-state index in [2.05, 4.69) is 43.3 Å². The topological polar surface area (TPSA) is 63.7 Å². The number of amides is 2. The molecule has 2 amide bonds. The molecule has 196 valence electrons. The molecule has 0 spiro atoms. The third-order valence-corrected chi connectivity index (χ3v) is 9.32. The predicted octanol–water partition coefficient (Wildman–Crippen LogP) is 5.54. The Bertz CT molecular complexity index is 1470. The number of nitrogens with zero attached hydrogens (tertiary/aromatic N) is 1. The van der Waals surface area contributed by atoms with Crippen LogP contribution in [0.15, 0.2) is 84.9 Å². The number of carbonyl (C=O) groups is 3. The predicted molar refractivity (Wildman–Crippen MR) is 147 cm³/mol. The molecule has 7 atom stereocenters. The highest BCUT2D eigenvalue weighted by atomic mass is 16.5. The molecular formula is C34H31NO4. The van der Waals surface area contributed by atoms with Crippen LogP contribution in [-0.2, 0) is 20.8 Å². The van der Waals surface area contributed by atoms with Gasteiger partial charge >= 0.3 is 5.97 Å². The molecule has 1 saturated heterocycles. The maximum atomic E-state index is 13.8. The van der Waals surface area contributed by atoms with Crippen LogP contribution >= 0.6 is 0 Å². The Morgan fingerprint density at radius 2 is 1.46 bits per heavy atom. The second-order valence-corrected chi connectivity index (χ2v) is 11.7. The van der Waals surface area contributed by atoms with Crippen molar-refractivity contribution >= 4 is 17.8 Å². The van der Waals surface area contributed by atoms with Crippen LogP contribution in [0.2, 0.25) is 0 Å². The average molecular weight is 518 g/mol. The van der Waals surface area contributed by atoms with Crippen LogP contribution in [0.1, 0.15) is 23.1 Å². The van der Waals surface area contributed by atoms with Crippen LogP contribution in [0.3, 0.4) is 0 Å². The number of likely N-dealkylation sites (tertiary alicyclic amines) is 1. The Morgan fingerprint density at radius 3 is 2.08 bits per heavy atom. The standard InChI is InChI=1S/C34H31NO4/c1-19-8-10-22(11-9-19)23-12-15-29(20(2)16-23)39-34(38)28(17-21-6-4-3-5-7-21)35-32(36)30-24-13-14-25(27-18-26(24)27)31(30)33(35)37/h3-16,24-28,30-31H,17-18H2,1-2H3/t24-,25-,26-,27-,28-,30-,31+/m0/s1. The largest absolute Gasteiger partial charge is 0.425 e. The molecule has 4 aliphatic carbocycles. The average Bonchev–Trinajstić information content (AvgIpc) is 3.73. The highest BCUT2D eigenvalue weighted by Gasteiger charge is 2.68. The van der Waals surface area contributed by atoms with E-state index in [1.54, 1.807) is 6.07 Å². The van der Waals surface area contributed by atoms with Gasteiger partial charge in [-0.25, -0.2) is 4.79 Å². The van der Waals surface area contributed by atoms with Crippen LogP contribution in [0.25, 0.3) is 11.1 Å². The number of carbonyl (C=O) groups excluding carboxylic acids is 3. The minimum atomic E-state index is -1.01. The number of rotatable bonds is 6. The first-order valence-electron chi connectivity index (χ1n) is 13.9. The Hall–Kier alpha value is -3.99. The molecule has 0 unspecified atom stereocenters. The molecule has 0 aromatic heterocycles. The molecule has 3 fully saturated rings. The monoisotopic (exact) mass is 517 g/mol. The van der Waals surface area contributed by atoms with Gasteiger partial charge in [-0.1, -0.05) is 78.4 Å². The quantitative estimate of drug-likeness (QED) is 0.186. The van der Waals surface area contributed by atoms with Crippen molar-refractivity contribution in [3.05, 3.63) is 102 Å². The summed E-state index contributed by atoms with van der Waals surface area (Å²) in [7, 11) is 0. The molecule has 3 aromatic carbocycles. The van der Waals surface area contributed by atoms with Gasteiger partial charge in [-0.05, 0) is 78.3 Å². The van der Waals surface area contributed by atoms with Crippen molar-refractivity contribution in [1.29, 1.82) is 0 Å². The minimum Gasteiger partial charge on any atom is -0.425 e. The molecule has 1 heterocycles. The van der Waals surface area contributed by atoms with Gasteiger partial charge < -0.3 is 4.74 Å². The first kappa shape index (κ1) is 24.1. The van der Waals surface area contributed by atoms with Gasteiger partial charge in [0.1, 0.15) is 11.8 Å². The molecular weight excluding hydrogens is 486 g/mol. The van der Waals surface area contributed by atoms with Gasteiger partial charge in [0.05, 0.1) is 11.8 Å². The third kappa shape index (κ3) is 3.94. The van der Waals surface area contributed by atoms with E-state index in [1.807, 2.05) is 49.4 Å². The molecule has 0 N–H and O–H groups in total. The molecule has 3 aromatic rings. The molecule has 5 nitrogen and oxygen atoms in total. The Morgan fingerprint density at radius 1 is 0.846 bits per heavy atom. The minimum absolute atomic E-state index is 0.108. The van der Waals surface area contributed by atoms with Gasteiger partial charge in [-0.3, -0.25) is 14.5 Å². The second kappa shape index (κ2) is 9.04. The van der Waals surface area contributed by atoms with Gasteiger partial charge in [-0.15, -0.1) is 0 Å². The van der Waals surface area contributed by atoms with Crippen molar-refractivity contribution in [3.63, 3.8) is 0 Å². The van der Waals surface area contributed by atoms with E-state index in [-0.39, 0.29) is 41.9 Å². The fourth-order valence-corrected chi connectivity index (χ4v) is 7.27. The molecule has 8 rings (SSSR count). The van der Waals surface area contributed by atoms with E-state index in [0.717, 1.165) is 28.7 Å². The lowest BCUT2D eigenvalue weighted by molar-refractivity contribution is -0.153. The number of benzene rings is 3. The number of ether oxygens (including phenoxy) is 1. The van der Waals surface area contributed by atoms with Crippen molar-refractivity contribution in [2.24, 2.45) is 35.5 Å². The number of hydrogen-bond donors (Lipinski definition) is 0. The van der Waals surface area contributed by atoms with Gasteiger partial charge in [0.25, 0.3) is 0 Å². The summed E-state index contributed by atoms with van der Waals surface area (Å²) in [6.45, 7) is 3.96. The Kier molecular flexibility index (Phi) is 5.58. The lowest BCUT2D eigenvalue weighted by Crippen LogP contribution is -2.48. The fraction of sp³-hybridized carbons (Fsp3) is 0.324. The maximum absolute atomic E-state index is 13.8.